The number of benzene rings is 5. The van der Waals surface area contributed by atoms with E-state index < -0.39 is 0 Å². The predicted octanol–water partition coefficient (Wildman–Crippen LogP) is 9.02. The summed E-state index contributed by atoms with van der Waals surface area (Å²) in [7, 11) is 2.19. The molecule has 44 heavy (non-hydrogen) atoms. The number of aromatic nitrogens is 5. The Labute approximate surface area is 253 Å². The van der Waals surface area contributed by atoms with E-state index in [0.29, 0.717) is 0 Å². The lowest BCUT2D eigenvalue weighted by atomic mass is 9.86. The van der Waals surface area contributed by atoms with E-state index in [2.05, 4.69) is 159 Å². The van der Waals surface area contributed by atoms with E-state index in [1.54, 1.807) is 0 Å². The molecule has 0 saturated carbocycles. The molecule has 0 spiro atoms. The molecule has 9 aromatic rings. The van der Waals surface area contributed by atoms with E-state index in [1.165, 1.54) is 60.7 Å². The molecule has 0 fully saturated rings. The molecular formula is C39H29N5. The predicted molar refractivity (Wildman–Crippen MR) is 182 cm³/mol. The number of imidazole rings is 2. The first kappa shape index (κ1) is 24.0. The minimum Gasteiger partial charge on any atom is -0.344 e. The summed E-state index contributed by atoms with van der Waals surface area (Å²) in [5.74, 6) is 0.981. The summed E-state index contributed by atoms with van der Waals surface area (Å²) in [6.45, 7) is 2.36. The molecule has 0 radical (unpaired) electrons. The van der Waals surface area contributed by atoms with Crippen LogP contribution in [0.5, 0.6) is 0 Å². The molecule has 210 valence electrons. The van der Waals surface area contributed by atoms with Gasteiger partial charge in [0.15, 0.2) is 0 Å². The highest BCUT2D eigenvalue weighted by Gasteiger charge is 2.34. The topological polar surface area (TPSA) is 32.1 Å². The van der Waals surface area contributed by atoms with Gasteiger partial charge in [-0.1, -0.05) is 66.7 Å². The van der Waals surface area contributed by atoms with Gasteiger partial charge in [0.1, 0.15) is 0 Å². The second kappa shape index (κ2) is 8.29. The third-order valence-electron chi connectivity index (χ3n) is 9.93. The van der Waals surface area contributed by atoms with E-state index in [4.69, 9.17) is 4.98 Å². The molecule has 0 aliphatic heterocycles. The van der Waals surface area contributed by atoms with Gasteiger partial charge in [-0.25, -0.2) is 4.98 Å². The summed E-state index contributed by atoms with van der Waals surface area (Å²) in [6.07, 6.45) is 5.57. The highest BCUT2D eigenvalue weighted by Crippen LogP contribution is 2.42. The molecule has 0 saturated heterocycles. The quantitative estimate of drug-likeness (QED) is 0.205. The Morgan fingerprint density at radius 1 is 0.636 bits per heavy atom. The second-order valence-corrected chi connectivity index (χ2v) is 12.4. The first-order chi connectivity index (χ1) is 21.6. The largest absolute Gasteiger partial charge is 0.344 e. The smallest absolute Gasteiger partial charge is 0.216 e. The van der Waals surface area contributed by atoms with Gasteiger partial charge in [0.2, 0.25) is 5.78 Å². The zero-order valence-corrected chi connectivity index (χ0v) is 24.6. The van der Waals surface area contributed by atoms with Crippen LogP contribution in [0.3, 0.4) is 0 Å². The van der Waals surface area contributed by atoms with Crippen LogP contribution < -0.4 is 0 Å². The van der Waals surface area contributed by atoms with Crippen LogP contribution in [0, 0.1) is 0 Å². The Bertz CT molecular complexity index is 2620. The number of hydrogen-bond acceptors (Lipinski definition) is 1. The standard InChI is InChI=1S/C39H29N5/c1-39(44-37-18-10-9-17-36(37)43-35-16-8-5-13-30(35)40-38(43)44)22-21-32-29(24-39)28-23-25(19-20-31(28)41(32)2)42-33-14-6-3-11-26(33)27-12-4-7-15-34(27)42/h3-23H,24H2,1-2H3. The van der Waals surface area contributed by atoms with Gasteiger partial charge >= 0.3 is 0 Å². The lowest BCUT2D eigenvalue weighted by Gasteiger charge is -2.32. The fourth-order valence-corrected chi connectivity index (χ4v) is 7.95. The van der Waals surface area contributed by atoms with Crippen LogP contribution in [0.15, 0.2) is 121 Å². The molecule has 1 aliphatic rings. The second-order valence-electron chi connectivity index (χ2n) is 12.4. The van der Waals surface area contributed by atoms with Gasteiger partial charge < -0.3 is 9.13 Å². The number of para-hydroxylation sites is 6. The van der Waals surface area contributed by atoms with E-state index >= 15 is 0 Å². The van der Waals surface area contributed by atoms with Crippen molar-refractivity contribution >= 4 is 66.6 Å². The molecule has 5 heteroatoms. The minimum absolute atomic E-state index is 0.310. The van der Waals surface area contributed by atoms with Crippen molar-refractivity contribution in [2.45, 2.75) is 18.9 Å². The Balaban J connectivity index is 1.21. The first-order valence-corrected chi connectivity index (χ1v) is 15.3. The third-order valence-corrected chi connectivity index (χ3v) is 9.93. The fraction of sp³-hybridized carbons (Fsp3) is 0.103. The average molecular weight is 568 g/mol. The van der Waals surface area contributed by atoms with Crippen LogP contribution in [-0.4, -0.2) is 23.1 Å². The van der Waals surface area contributed by atoms with Crippen LogP contribution in [-0.2, 0) is 19.0 Å². The third kappa shape index (κ3) is 2.96. The molecule has 0 N–H and O–H groups in total. The van der Waals surface area contributed by atoms with Crippen LogP contribution in [0.1, 0.15) is 18.2 Å². The van der Waals surface area contributed by atoms with Gasteiger partial charge in [0.25, 0.3) is 0 Å². The molecule has 5 aromatic carbocycles. The molecule has 4 aromatic heterocycles. The van der Waals surface area contributed by atoms with E-state index in [1.807, 2.05) is 0 Å². The van der Waals surface area contributed by atoms with Gasteiger partial charge in [-0.15, -0.1) is 0 Å². The van der Waals surface area contributed by atoms with Crippen molar-refractivity contribution < 1.29 is 0 Å². The van der Waals surface area contributed by atoms with Crippen molar-refractivity contribution in [1.82, 2.24) is 23.1 Å². The van der Waals surface area contributed by atoms with E-state index in [9.17, 15) is 0 Å². The number of aryl methyl sites for hydroxylation is 1. The molecule has 4 heterocycles. The maximum Gasteiger partial charge on any atom is 0.216 e. The SMILES string of the molecule is Cn1c2c(c3cc(-n4c5ccccc5c5ccccc54)ccc31)CC(C)(n1c3ccccc3n3c4ccccc4nc13)C=C2. The lowest BCUT2D eigenvalue weighted by molar-refractivity contribution is 0.426. The Kier molecular flexibility index (Phi) is 4.52. The van der Waals surface area contributed by atoms with Crippen LogP contribution in [0.25, 0.3) is 72.3 Å². The summed E-state index contributed by atoms with van der Waals surface area (Å²) in [6, 6.07) is 41.6. The van der Waals surface area contributed by atoms with Crippen molar-refractivity contribution in [2.24, 2.45) is 7.05 Å². The molecule has 10 rings (SSSR count). The minimum atomic E-state index is -0.310. The van der Waals surface area contributed by atoms with Crippen LogP contribution in [0.4, 0.5) is 0 Å². The van der Waals surface area contributed by atoms with Crippen molar-refractivity contribution in [1.29, 1.82) is 0 Å². The van der Waals surface area contributed by atoms with Crippen molar-refractivity contribution in [3.63, 3.8) is 0 Å². The van der Waals surface area contributed by atoms with Crippen molar-refractivity contribution in [2.75, 3.05) is 0 Å². The van der Waals surface area contributed by atoms with Crippen molar-refractivity contribution in [3.8, 4) is 5.69 Å². The molecule has 0 bridgehead atoms. The van der Waals surface area contributed by atoms with Gasteiger partial charge in [0.05, 0.1) is 38.6 Å². The molecule has 1 aliphatic carbocycles. The normalized spacial score (nSPS) is 16.8. The van der Waals surface area contributed by atoms with Gasteiger partial charge in [0, 0.05) is 46.5 Å². The van der Waals surface area contributed by atoms with Crippen LogP contribution >= 0.6 is 0 Å². The zero-order chi connectivity index (χ0) is 29.2. The first-order valence-electron chi connectivity index (χ1n) is 15.3. The fourth-order valence-electron chi connectivity index (χ4n) is 7.95. The monoisotopic (exact) mass is 567 g/mol. The van der Waals surface area contributed by atoms with E-state index in [0.717, 1.165) is 23.2 Å². The molecule has 1 unspecified atom stereocenters. The summed E-state index contributed by atoms with van der Waals surface area (Å²) >= 11 is 0. The number of fused-ring (bicyclic) bond motifs is 11. The Morgan fingerprint density at radius 3 is 2.02 bits per heavy atom. The highest BCUT2D eigenvalue weighted by atomic mass is 15.2. The number of nitrogens with zero attached hydrogens (tertiary/aromatic N) is 5. The number of hydrogen-bond donors (Lipinski definition) is 0. The Morgan fingerprint density at radius 2 is 1.27 bits per heavy atom. The summed E-state index contributed by atoms with van der Waals surface area (Å²) < 4.78 is 9.55. The molecule has 0 amide bonds. The summed E-state index contributed by atoms with van der Waals surface area (Å²) in [4.78, 5) is 5.19. The summed E-state index contributed by atoms with van der Waals surface area (Å²) in [5.41, 5.74) is 11.8. The lowest BCUT2D eigenvalue weighted by Crippen LogP contribution is -2.32. The maximum atomic E-state index is 5.19. The van der Waals surface area contributed by atoms with Crippen LogP contribution in [0.2, 0.25) is 0 Å². The van der Waals surface area contributed by atoms with Gasteiger partial charge in [-0.3, -0.25) is 8.97 Å². The van der Waals surface area contributed by atoms with Gasteiger partial charge in [-0.05, 0) is 73.2 Å². The molecule has 5 nitrogen and oxygen atoms in total. The maximum absolute atomic E-state index is 5.19. The Hall–Kier alpha value is -5.55. The van der Waals surface area contributed by atoms with Crippen molar-refractivity contribution in [3.05, 3.63) is 133 Å². The molecular weight excluding hydrogens is 538 g/mol. The van der Waals surface area contributed by atoms with Gasteiger partial charge in [-0.2, -0.15) is 0 Å². The highest BCUT2D eigenvalue weighted by molar-refractivity contribution is 6.09. The zero-order valence-electron chi connectivity index (χ0n) is 24.6. The van der Waals surface area contributed by atoms with E-state index in [-0.39, 0.29) is 5.54 Å². The summed E-state index contributed by atoms with van der Waals surface area (Å²) in [5, 5.41) is 3.87. The molecule has 1 atom stereocenters. The average Bonchev–Trinajstić information content (AvgIpc) is 3.77. The number of rotatable bonds is 2. The number of allylic oxidation sites excluding steroid dienone is 1.